The Morgan fingerprint density at radius 1 is 1.28 bits per heavy atom. The maximum atomic E-state index is 13.9. The molecule has 1 amide bonds. The summed E-state index contributed by atoms with van der Waals surface area (Å²) in [5, 5.41) is 8.23. The van der Waals surface area contributed by atoms with Gasteiger partial charge < -0.3 is 5.32 Å². The number of hydrogen-bond donors (Lipinski definition) is 1. The fraction of sp³-hybridized carbons (Fsp3) is 0.222. The van der Waals surface area contributed by atoms with Crippen LogP contribution in [0.25, 0.3) is 10.9 Å². The maximum Gasteiger partial charge on any atom is 0.260 e. The van der Waals surface area contributed by atoms with Crippen LogP contribution in [0.2, 0.25) is 10.2 Å². The largest absolute Gasteiger partial charge is 0.322 e. The second kappa shape index (κ2) is 6.32. The van der Waals surface area contributed by atoms with Crippen molar-refractivity contribution >= 4 is 45.7 Å². The molecule has 1 saturated carbocycles. The number of halogens is 3. The van der Waals surface area contributed by atoms with Crippen molar-refractivity contribution in [2.24, 2.45) is 5.92 Å². The standard InChI is InChI=1S/C18H14Cl2FN3O/c19-13-2-1-3-14(21)16(13)18(25)22-11-6-7-15-12(8-11)17(20)23-24(15)9-10-4-5-10/h1-3,6-8,10H,4-5,9H2,(H,22,25). The lowest BCUT2D eigenvalue weighted by atomic mass is 10.1. The Kier molecular flexibility index (Phi) is 4.13. The highest BCUT2D eigenvalue weighted by Crippen LogP contribution is 2.33. The number of aromatic nitrogens is 2. The minimum Gasteiger partial charge on any atom is -0.322 e. The highest BCUT2D eigenvalue weighted by Gasteiger charge is 2.24. The van der Waals surface area contributed by atoms with E-state index in [9.17, 15) is 9.18 Å². The van der Waals surface area contributed by atoms with Gasteiger partial charge in [0.15, 0.2) is 5.15 Å². The summed E-state index contributed by atoms with van der Waals surface area (Å²) in [4.78, 5) is 12.3. The number of nitrogens with one attached hydrogen (secondary N) is 1. The highest BCUT2D eigenvalue weighted by molar-refractivity contribution is 6.35. The first-order valence-corrected chi connectivity index (χ1v) is 8.70. The number of rotatable bonds is 4. The molecule has 4 nitrogen and oxygen atoms in total. The molecule has 4 rings (SSSR count). The molecule has 3 aromatic rings. The first kappa shape index (κ1) is 16.4. The van der Waals surface area contributed by atoms with Gasteiger partial charge in [-0.1, -0.05) is 29.3 Å². The molecular weight excluding hydrogens is 364 g/mol. The predicted molar refractivity (Wildman–Crippen MR) is 96.8 cm³/mol. The summed E-state index contributed by atoms with van der Waals surface area (Å²) in [7, 11) is 0. The number of carbonyl (C=O) groups is 1. The second-order valence-corrected chi connectivity index (χ2v) is 6.96. The van der Waals surface area contributed by atoms with Gasteiger partial charge in [0.2, 0.25) is 0 Å². The summed E-state index contributed by atoms with van der Waals surface area (Å²) >= 11 is 12.2. The summed E-state index contributed by atoms with van der Waals surface area (Å²) in [6, 6.07) is 9.46. The van der Waals surface area contributed by atoms with Crippen molar-refractivity contribution in [3.05, 3.63) is 58.0 Å². The van der Waals surface area contributed by atoms with E-state index in [0.29, 0.717) is 16.8 Å². The summed E-state index contributed by atoms with van der Waals surface area (Å²) in [5.41, 5.74) is 1.24. The normalized spacial score (nSPS) is 14.0. The molecular formula is C18H14Cl2FN3O. The Labute approximate surface area is 153 Å². The lowest BCUT2D eigenvalue weighted by Crippen LogP contribution is -2.14. The minimum absolute atomic E-state index is 0.0638. The lowest BCUT2D eigenvalue weighted by molar-refractivity contribution is 0.102. The third-order valence-electron chi connectivity index (χ3n) is 4.28. The van der Waals surface area contributed by atoms with Crippen LogP contribution in [0.3, 0.4) is 0 Å². The summed E-state index contributed by atoms with van der Waals surface area (Å²) < 4.78 is 15.8. The Morgan fingerprint density at radius 3 is 2.80 bits per heavy atom. The molecule has 0 spiro atoms. The van der Waals surface area contributed by atoms with Crippen LogP contribution in [-0.2, 0) is 6.54 Å². The van der Waals surface area contributed by atoms with E-state index >= 15 is 0 Å². The molecule has 1 heterocycles. The number of fused-ring (bicyclic) bond motifs is 1. The molecule has 1 fully saturated rings. The number of nitrogens with zero attached hydrogens (tertiary/aromatic N) is 2. The average Bonchev–Trinajstić information content (AvgIpc) is 3.32. The van der Waals surface area contributed by atoms with Crippen molar-refractivity contribution in [2.45, 2.75) is 19.4 Å². The number of benzene rings is 2. The molecule has 1 N–H and O–H groups in total. The Balaban J connectivity index is 1.63. The summed E-state index contributed by atoms with van der Waals surface area (Å²) in [6.07, 6.45) is 2.44. The molecule has 0 unspecified atom stereocenters. The van der Waals surface area contributed by atoms with E-state index in [1.165, 1.54) is 31.0 Å². The van der Waals surface area contributed by atoms with Gasteiger partial charge in [-0.25, -0.2) is 4.39 Å². The zero-order chi connectivity index (χ0) is 17.6. The van der Waals surface area contributed by atoms with Crippen LogP contribution in [0.4, 0.5) is 10.1 Å². The van der Waals surface area contributed by atoms with Crippen LogP contribution in [0, 0.1) is 11.7 Å². The van der Waals surface area contributed by atoms with Crippen molar-refractivity contribution in [1.82, 2.24) is 9.78 Å². The van der Waals surface area contributed by atoms with Crippen LogP contribution in [0.15, 0.2) is 36.4 Å². The fourth-order valence-corrected chi connectivity index (χ4v) is 3.30. The molecule has 7 heteroatoms. The SMILES string of the molecule is O=C(Nc1ccc2c(c1)c(Cl)nn2CC1CC1)c1c(F)cccc1Cl. The molecule has 1 aromatic heterocycles. The van der Waals surface area contributed by atoms with E-state index in [1.54, 1.807) is 12.1 Å². The van der Waals surface area contributed by atoms with Crippen molar-refractivity contribution in [2.75, 3.05) is 5.32 Å². The quantitative estimate of drug-likeness (QED) is 0.683. The minimum atomic E-state index is -0.665. The summed E-state index contributed by atoms with van der Waals surface area (Å²) in [5.74, 6) is -0.605. The third kappa shape index (κ3) is 3.22. The van der Waals surface area contributed by atoms with Crippen molar-refractivity contribution in [3.63, 3.8) is 0 Å². The number of hydrogen-bond acceptors (Lipinski definition) is 2. The molecule has 0 saturated heterocycles. The van der Waals surface area contributed by atoms with Crippen molar-refractivity contribution in [1.29, 1.82) is 0 Å². The first-order valence-electron chi connectivity index (χ1n) is 7.94. The van der Waals surface area contributed by atoms with Gasteiger partial charge >= 0.3 is 0 Å². The van der Waals surface area contributed by atoms with E-state index < -0.39 is 11.7 Å². The zero-order valence-electron chi connectivity index (χ0n) is 13.1. The van der Waals surface area contributed by atoms with Gasteiger partial charge in [0, 0.05) is 17.6 Å². The highest BCUT2D eigenvalue weighted by atomic mass is 35.5. The van der Waals surface area contributed by atoms with Gasteiger partial charge in [-0.15, -0.1) is 0 Å². The second-order valence-electron chi connectivity index (χ2n) is 6.20. The van der Waals surface area contributed by atoms with Crippen LogP contribution < -0.4 is 5.32 Å². The average molecular weight is 378 g/mol. The topological polar surface area (TPSA) is 46.9 Å². The number of anilines is 1. The lowest BCUT2D eigenvalue weighted by Gasteiger charge is -2.08. The molecule has 1 aliphatic rings. The van der Waals surface area contributed by atoms with Gasteiger partial charge in [-0.2, -0.15) is 5.10 Å². The van der Waals surface area contributed by atoms with E-state index in [-0.39, 0.29) is 10.6 Å². The Bertz CT molecular complexity index is 962. The molecule has 0 radical (unpaired) electrons. The zero-order valence-corrected chi connectivity index (χ0v) is 14.6. The Hall–Kier alpha value is -2.11. The van der Waals surface area contributed by atoms with E-state index in [0.717, 1.165) is 17.4 Å². The van der Waals surface area contributed by atoms with E-state index in [4.69, 9.17) is 23.2 Å². The van der Waals surface area contributed by atoms with Crippen LogP contribution in [-0.4, -0.2) is 15.7 Å². The maximum absolute atomic E-state index is 13.9. The molecule has 0 atom stereocenters. The van der Waals surface area contributed by atoms with Crippen molar-refractivity contribution in [3.8, 4) is 0 Å². The molecule has 1 aliphatic carbocycles. The van der Waals surface area contributed by atoms with Gasteiger partial charge in [0.1, 0.15) is 5.82 Å². The molecule has 128 valence electrons. The third-order valence-corrected chi connectivity index (χ3v) is 4.88. The monoisotopic (exact) mass is 377 g/mol. The fourth-order valence-electron chi connectivity index (χ4n) is 2.81. The van der Waals surface area contributed by atoms with Gasteiger partial charge in [0.05, 0.1) is 16.1 Å². The van der Waals surface area contributed by atoms with Crippen LogP contribution in [0.1, 0.15) is 23.2 Å². The smallest absolute Gasteiger partial charge is 0.260 e. The van der Waals surface area contributed by atoms with E-state index in [1.807, 2.05) is 10.7 Å². The van der Waals surface area contributed by atoms with Gasteiger partial charge in [-0.3, -0.25) is 9.48 Å². The van der Waals surface area contributed by atoms with E-state index in [2.05, 4.69) is 10.4 Å². The number of amides is 1. The molecule has 25 heavy (non-hydrogen) atoms. The molecule has 2 aromatic carbocycles. The first-order chi connectivity index (χ1) is 12.0. The number of carbonyl (C=O) groups excluding carboxylic acids is 1. The Morgan fingerprint density at radius 2 is 2.08 bits per heavy atom. The van der Waals surface area contributed by atoms with Crippen LogP contribution in [0.5, 0.6) is 0 Å². The van der Waals surface area contributed by atoms with Crippen LogP contribution >= 0.6 is 23.2 Å². The van der Waals surface area contributed by atoms with Gasteiger partial charge in [-0.05, 0) is 49.1 Å². The van der Waals surface area contributed by atoms with Crippen molar-refractivity contribution < 1.29 is 9.18 Å². The summed E-state index contributed by atoms with van der Waals surface area (Å²) in [6.45, 7) is 0.847. The van der Waals surface area contributed by atoms with Gasteiger partial charge in [0.25, 0.3) is 5.91 Å². The predicted octanol–water partition coefficient (Wildman–Crippen LogP) is 5.14. The molecule has 0 aliphatic heterocycles. The molecule has 0 bridgehead atoms.